The van der Waals surface area contributed by atoms with Crippen molar-refractivity contribution in [2.45, 2.75) is 25.3 Å². The van der Waals surface area contributed by atoms with Crippen molar-refractivity contribution in [3.63, 3.8) is 0 Å². The van der Waals surface area contributed by atoms with Crippen molar-refractivity contribution in [2.75, 3.05) is 6.54 Å². The number of rotatable bonds is 1. The Labute approximate surface area is 65.3 Å². The number of hydrogen-bond donors (Lipinski definition) is 1. The van der Waals surface area contributed by atoms with Crippen molar-refractivity contribution in [1.29, 1.82) is 0 Å². The summed E-state index contributed by atoms with van der Waals surface area (Å²) in [5.41, 5.74) is 5.06. The molecule has 0 aromatic carbocycles. The SMILES string of the molecule is NC(=O)N1CCCCC1C=O. The third kappa shape index (κ3) is 1.69. The van der Waals surface area contributed by atoms with Gasteiger partial charge in [-0.1, -0.05) is 0 Å². The maximum absolute atomic E-state index is 10.7. The first kappa shape index (κ1) is 8.04. The largest absolute Gasteiger partial charge is 0.351 e. The minimum atomic E-state index is -0.484. The monoisotopic (exact) mass is 156 g/mol. The molecule has 1 aliphatic rings. The van der Waals surface area contributed by atoms with Crippen LogP contribution >= 0.6 is 0 Å². The Bertz CT molecular complexity index is 170. The van der Waals surface area contributed by atoms with Gasteiger partial charge in [-0.15, -0.1) is 0 Å². The molecule has 1 saturated heterocycles. The fraction of sp³-hybridized carbons (Fsp3) is 0.714. The van der Waals surface area contributed by atoms with Crippen LogP contribution in [0.3, 0.4) is 0 Å². The number of aldehydes is 1. The second-order valence-electron chi connectivity index (χ2n) is 2.73. The van der Waals surface area contributed by atoms with E-state index in [2.05, 4.69) is 0 Å². The lowest BCUT2D eigenvalue weighted by Gasteiger charge is -2.30. The standard InChI is InChI=1S/C7H12N2O2/c8-7(11)9-4-2-1-3-6(9)5-10/h5-6H,1-4H2,(H2,8,11). The summed E-state index contributed by atoms with van der Waals surface area (Å²) < 4.78 is 0. The lowest BCUT2D eigenvalue weighted by atomic mass is 10.0. The normalized spacial score (nSPS) is 24.7. The van der Waals surface area contributed by atoms with Gasteiger partial charge in [-0.2, -0.15) is 0 Å². The first-order valence-electron chi connectivity index (χ1n) is 3.77. The number of nitrogens with zero attached hydrogens (tertiary/aromatic N) is 1. The fourth-order valence-corrected chi connectivity index (χ4v) is 1.37. The summed E-state index contributed by atoms with van der Waals surface area (Å²) in [7, 11) is 0. The number of piperidine rings is 1. The molecule has 0 aliphatic carbocycles. The van der Waals surface area contributed by atoms with Gasteiger partial charge in [-0.25, -0.2) is 4.79 Å². The van der Waals surface area contributed by atoms with E-state index in [-0.39, 0.29) is 6.04 Å². The molecule has 0 saturated carbocycles. The second-order valence-corrected chi connectivity index (χ2v) is 2.73. The molecule has 0 aromatic heterocycles. The van der Waals surface area contributed by atoms with E-state index >= 15 is 0 Å². The van der Waals surface area contributed by atoms with E-state index in [1.54, 1.807) is 0 Å². The second kappa shape index (κ2) is 3.37. The van der Waals surface area contributed by atoms with Gasteiger partial charge in [0, 0.05) is 6.54 Å². The molecule has 2 N–H and O–H groups in total. The van der Waals surface area contributed by atoms with Crippen molar-refractivity contribution in [2.24, 2.45) is 5.73 Å². The van der Waals surface area contributed by atoms with E-state index in [0.717, 1.165) is 25.5 Å². The number of amides is 2. The number of nitrogens with two attached hydrogens (primary N) is 1. The van der Waals surface area contributed by atoms with Gasteiger partial charge >= 0.3 is 6.03 Å². The highest BCUT2D eigenvalue weighted by Crippen LogP contribution is 2.14. The molecule has 11 heavy (non-hydrogen) atoms. The Morgan fingerprint density at radius 1 is 1.55 bits per heavy atom. The molecule has 2 amide bonds. The van der Waals surface area contributed by atoms with Gasteiger partial charge in [-0.3, -0.25) is 0 Å². The molecule has 1 unspecified atom stereocenters. The molecular formula is C7H12N2O2. The van der Waals surface area contributed by atoms with Crippen LogP contribution in [0.1, 0.15) is 19.3 Å². The molecule has 1 fully saturated rings. The average molecular weight is 156 g/mol. The molecular weight excluding hydrogens is 144 g/mol. The van der Waals surface area contributed by atoms with Gasteiger partial charge in [0.1, 0.15) is 6.29 Å². The van der Waals surface area contributed by atoms with Crippen LogP contribution in [-0.2, 0) is 4.79 Å². The van der Waals surface area contributed by atoms with Gasteiger partial charge < -0.3 is 15.4 Å². The molecule has 1 aliphatic heterocycles. The molecule has 0 radical (unpaired) electrons. The third-order valence-electron chi connectivity index (χ3n) is 1.99. The van der Waals surface area contributed by atoms with Crippen LogP contribution in [0.5, 0.6) is 0 Å². The molecule has 0 aromatic rings. The zero-order valence-corrected chi connectivity index (χ0v) is 6.32. The van der Waals surface area contributed by atoms with Gasteiger partial charge in [0.15, 0.2) is 0 Å². The number of carbonyl (C=O) groups is 2. The molecule has 1 rings (SSSR count). The summed E-state index contributed by atoms with van der Waals surface area (Å²) in [4.78, 5) is 22.6. The minimum Gasteiger partial charge on any atom is -0.351 e. The minimum absolute atomic E-state index is 0.277. The Kier molecular flexibility index (Phi) is 2.46. The molecule has 4 heteroatoms. The van der Waals surface area contributed by atoms with Crippen LogP contribution in [0.25, 0.3) is 0 Å². The smallest absolute Gasteiger partial charge is 0.315 e. The summed E-state index contributed by atoms with van der Waals surface area (Å²) in [5.74, 6) is 0. The molecule has 4 nitrogen and oxygen atoms in total. The molecule has 1 heterocycles. The number of primary amides is 1. The maximum atomic E-state index is 10.7. The Hall–Kier alpha value is -1.06. The molecule has 1 atom stereocenters. The Balaban J connectivity index is 2.58. The summed E-state index contributed by atoms with van der Waals surface area (Å²) >= 11 is 0. The Morgan fingerprint density at radius 3 is 2.73 bits per heavy atom. The quantitative estimate of drug-likeness (QED) is 0.548. The Morgan fingerprint density at radius 2 is 2.27 bits per heavy atom. The zero-order valence-electron chi connectivity index (χ0n) is 6.32. The van der Waals surface area contributed by atoms with Crippen molar-refractivity contribution < 1.29 is 9.59 Å². The van der Waals surface area contributed by atoms with Gasteiger partial charge in [0.05, 0.1) is 6.04 Å². The van der Waals surface area contributed by atoms with E-state index in [1.165, 1.54) is 4.90 Å². The molecule has 0 spiro atoms. The number of urea groups is 1. The van der Waals surface area contributed by atoms with Crippen LogP contribution in [0.2, 0.25) is 0 Å². The third-order valence-corrected chi connectivity index (χ3v) is 1.99. The summed E-state index contributed by atoms with van der Waals surface area (Å²) in [6, 6.07) is -0.761. The van der Waals surface area contributed by atoms with Gasteiger partial charge in [0.2, 0.25) is 0 Å². The van der Waals surface area contributed by atoms with E-state index in [9.17, 15) is 9.59 Å². The number of likely N-dealkylation sites (tertiary alicyclic amines) is 1. The van der Waals surface area contributed by atoms with Crippen molar-refractivity contribution in [3.05, 3.63) is 0 Å². The van der Waals surface area contributed by atoms with Crippen molar-refractivity contribution in [3.8, 4) is 0 Å². The molecule has 62 valence electrons. The molecule has 0 bridgehead atoms. The van der Waals surface area contributed by atoms with Crippen LogP contribution < -0.4 is 5.73 Å². The summed E-state index contributed by atoms with van der Waals surface area (Å²) in [5, 5.41) is 0. The first-order chi connectivity index (χ1) is 5.25. The summed E-state index contributed by atoms with van der Waals surface area (Å²) in [6.07, 6.45) is 3.51. The van der Waals surface area contributed by atoms with Crippen LogP contribution in [0.15, 0.2) is 0 Å². The van der Waals surface area contributed by atoms with E-state index < -0.39 is 6.03 Å². The van der Waals surface area contributed by atoms with Gasteiger partial charge in [-0.05, 0) is 19.3 Å². The number of carbonyl (C=O) groups excluding carboxylic acids is 2. The van der Waals surface area contributed by atoms with Crippen molar-refractivity contribution in [1.82, 2.24) is 4.90 Å². The fourth-order valence-electron chi connectivity index (χ4n) is 1.37. The highest BCUT2D eigenvalue weighted by atomic mass is 16.2. The number of hydrogen-bond acceptors (Lipinski definition) is 2. The lowest BCUT2D eigenvalue weighted by molar-refractivity contribution is -0.112. The van der Waals surface area contributed by atoms with E-state index in [0.29, 0.717) is 6.54 Å². The maximum Gasteiger partial charge on any atom is 0.315 e. The lowest BCUT2D eigenvalue weighted by Crippen LogP contribution is -2.47. The average Bonchev–Trinajstić information content (AvgIpc) is 2.04. The predicted octanol–water partition coefficient (Wildman–Crippen LogP) is 0.118. The van der Waals surface area contributed by atoms with E-state index in [1.807, 2.05) is 0 Å². The predicted molar refractivity (Wildman–Crippen MR) is 40.0 cm³/mol. The topological polar surface area (TPSA) is 63.4 Å². The summed E-state index contributed by atoms with van der Waals surface area (Å²) in [6.45, 7) is 0.624. The van der Waals surface area contributed by atoms with Crippen LogP contribution in [-0.4, -0.2) is 29.8 Å². The van der Waals surface area contributed by atoms with Crippen LogP contribution in [0.4, 0.5) is 4.79 Å². The highest BCUT2D eigenvalue weighted by molar-refractivity contribution is 5.76. The van der Waals surface area contributed by atoms with Crippen LogP contribution in [0, 0.1) is 0 Å². The highest BCUT2D eigenvalue weighted by Gasteiger charge is 2.23. The first-order valence-corrected chi connectivity index (χ1v) is 3.77. The van der Waals surface area contributed by atoms with Gasteiger partial charge in [0.25, 0.3) is 0 Å². The zero-order chi connectivity index (χ0) is 8.27. The van der Waals surface area contributed by atoms with E-state index in [4.69, 9.17) is 5.73 Å². The van der Waals surface area contributed by atoms with Crippen molar-refractivity contribution >= 4 is 12.3 Å².